The normalized spacial score (nSPS) is 9.88. The van der Waals surface area contributed by atoms with Crippen molar-refractivity contribution in [2.24, 2.45) is 10.2 Å². The molecule has 0 fully saturated rings. The zero-order chi connectivity index (χ0) is 18.1. The van der Waals surface area contributed by atoms with E-state index in [1.54, 1.807) is 36.4 Å². The van der Waals surface area contributed by atoms with Crippen LogP contribution in [0.2, 0.25) is 0 Å². The van der Waals surface area contributed by atoms with Crippen LogP contribution in [-0.2, 0) is 4.79 Å². The fourth-order valence-electron chi connectivity index (χ4n) is 1.30. The lowest BCUT2D eigenvalue weighted by atomic mass is 10.3. The molecule has 0 spiro atoms. The van der Waals surface area contributed by atoms with Crippen LogP contribution < -0.4 is 5.73 Å². The highest BCUT2D eigenvalue weighted by Gasteiger charge is 2.02. The highest BCUT2D eigenvalue weighted by molar-refractivity contribution is 5.84. The third kappa shape index (κ3) is 6.48. The van der Waals surface area contributed by atoms with Crippen molar-refractivity contribution in [1.82, 2.24) is 0 Å². The molecule has 0 aliphatic rings. The Morgan fingerprint density at radius 2 is 1.46 bits per heavy atom. The summed E-state index contributed by atoms with van der Waals surface area (Å²) in [5.74, 6) is -0.935. The summed E-state index contributed by atoms with van der Waals surface area (Å²) in [7, 11) is 0. The number of non-ortho nitro benzene ring substituents is 1. The van der Waals surface area contributed by atoms with Crippen LogP contribution in [0.25, 0.3) is 0 Å². The van der Waals surface area contributed by atoms with Gasteiger partial charge in [0.1, 0.15) is 0 Å². The van der Waals surface area contributed by atoms with Crippen LogP contribution in [0, 0.1) is 10.1 Å². The number of rotatable bonds is 4. The van der Waals surface area contributed by atoms with Gasteiger partial charge in [-0.05, 0) is 43.3 Å². The first-order valence-corrected chi connectivity index (χ1v) is 6.70. The summed E-state index contributed by atoms with van der Waals surface area (Å²) in [6.07, 6.45) is 0. The van der Waals surface area contributed by atoms with Crippen LogP contribution in [0.15, 0.2) is 70.9 Å². The molecule has 0 aromatic heterocycles. The fourth-order valence-corrected chi connectivity index (χ4v) is 1.30. The molecule has 124 valence electrons. The van der Waals surface area contributed by atoms with E-state index in [1.807, 2.05) is 0 Å². The molecule has 2 rings (SSSR count). The Balaban J connectivity index is 0.000000413. The number of nitro benzene ring substituents is 1. The fraction of sp³-hybridized carbons (Fsp3) is 0.0625. The Hall–Kier alpha value is -3.55. The number of nitrogens with two attached hydrogens (primary N) is 1. The molecule has 0 aliphatic carbocycles. The van der Waals surface area contributed by atoms with Gasteiger partial charge in [-0.3, -0.25) is 10.1 Å². The molecule has 0 saturated heterocycles. The predicted octanol–water partition coefficient (Wildman–Crippen LogP) is 4.24. The van der Waals surface area contributed by atoms with Crippen molar-refractivity contribution in [3.8, 4) is 0 Å². The van der Waals surface area contributed by atoms with Gasteiger partial charge in [-0.2, -0.15) is 10.2 Å². The van der Waals surface area contributed by atoms with Crippen LogP contribution in [0.3, 0.4) is 0 Å². The molecule has 0 unspecified atom stereocenters. The molecule has 2 aromatic rings. The van der Waals surface area contributed by atoms with E-state index in [0.29, 0.717) is 17.1 Å². The molecule has 0 heterocycles. The molecule has 0 saturated carbocycles. The molecule has 24 heavy (non-hydrogen) atoms. The van der Waals surface area contributed by atoms with Crippen molar-refractivity contribution < 1.29 is 14.8 Å². The van der Waals surface area contributed by atoms with E-state index in [1.165, 1.54) is 19.1 Å². The van der Waals surface area contributed by atoms with Crippen molar-refractivity contribution in [1.29, 1.82) is 0 Å². The van der Waals surface area contributed by atoms with Crippen molar-refractivity contribution >= 4 is 28.7 Å². The molecule has 0 amide bonds. The van der Waals surface area contributed by atoms with Crippen LogP contribution in [0.4, 0.5) is 22.7 Å². The average molecular weight is 328 g/mol. The molecule has 8 nitrogen and oxygen atoms in total. The number of nitrogen functional groups attached to an aromatic ring is 1. The van der Waals surface area contributed by atoms with E-state index in [4.69, 9.17) is 10.8 Å². The lowest BCUT2D eigenvalue weighted by molar-refractivity contribution is -0.384. The Morgan fingerprint density at radius 1 is 1.08 bits per heavy atom. The number of aliphatic carboxylic acids is 1. The van der Waals surface area contributed by atoms with Crippen LogP contribution in [0.1, 0.15) is 6.92 Å². The summed E-state index contributed by atoms with van der Waals surface area (Å²) in [5.41, 5.74) is 7.63. The quantitative estimate of drug-likeness (QED) is 0.285. The van der Waals surface area contributed by atoms with Gasteiger partial charge >= 0.3 is 5.97 Å². The Labute approximate surface area is 138 Å². The number of benzene rings is 2. The third-order valence-corrected chi connectivity index (χ3v) is 2.60. The van der Waals surface area contributed by atoms with Gasteiger partial charge in [0.15, 0.2) is 0 Å². The van der Waals surface area contributed by atoms with E-state index in [2.05, 4.69) is 16.8 Å². The van der Waals surface area contributed by atoms with Gasteiger partial charge in [0, 0.05) is 23.4 Å². The van der Waals surface area contributed by atoms with Gasteiger partial charge in [-0.1, -0.05) is 6.58 Å². The van der Waals surface area contributed by atoms with E-state index in [-0.39, 0.29) is 11.3 Å². The highest BCUT2D eigenvalue weighted by atomic mass is 16.6. The lowest BCUT2D eigenvalue weighted by Gasteiger charge is -1.94. The van der Waals surface area contributed by atoms with Crippen molar-refractivity contribution in [3.63, 3.8) is 0 Å². The number of hydrogen-bond acceptors (Lipinski definition) is 6. The average Bonchev–Trinajstić information content (AvgIpc) is 2.55. The van der Waals surface area contributed by atoms with Gasteiger partial charge in [0.2, 0.25) is 0 Å². The van der Waals surface area contributed by atoms with Gasteiger partial charge in [-0.25, -0.2) is 4.79 Å². The largest absolute Gasteiger partial charge is 0.478 e. The second-order valence-electron chi connectivity index (χ2n) is 4.65. The van der Waals surface area contributed by atoms with Gasteiger partial charge in [0.25, 0.3) is 5.69 Å². The number of carbonyl (C=O) groups is 1. The highest BCUT2D eigenvalue weighted by Crippen LogP contribution is 2.21. The summed E-state index contributed by atoms with van der Waals surface area (Å²) in [6.45, 7) is 4.60. The minimum atomic E-state index is -0.935. The minimum absolute atomic E-state index is 0.0291. The van der Waals surface area contributed by atoms with Crippen LogP contribution >= 0.6 is 0 Å². The molecular weight excluding hydrogens is 312 g/mol. The SMILES string of the molecule is C=C(C)C(=O)O.Nc1ccc(N=Nc2ccc([N+](=O)[O-])cc2)cc1. The maximum absolute atomic E-state index is 10.5. The summed E-state index contributed by atoms with van der Waals surface area (Å²) >= 11 is 0. The number of nitro groups is 1. The second kappa shape index (κ2) is 8.79. The smallest absolute Gasteiger partial charge is 0.330 e. The molecule has 0 aliphatic heterocycles. The van der Waals surface area contributed by atoms with E-state index in [0.717, 1.165) is 0 Å². The first kappa shape index (κ1) is 18.5. The zero-order valence-electron chi connectivity index (χ0n) is 12.9. The van der Waals surface area contributed by atoms with Gasteiger partial charge in [0.05, 0.1) is 16.3 Å². The molecule has 0 atom stereocenters. The van der Waals surface area contributed by atoms with Crippen LogP contribution in [-0.4, -0.2) is 16.0 Å². The van der Waals surface area contributed by atoms with Crippen LogP contribution in [0.5, 0.6) is 0 Å². The monoisotopic (exact) mass is 328 g/mol. The Bertz CT molecular complexity index is 741. The van der Waals surface area contributed by atoms with E-state index < -0.39 is 10.9 Å². The lowest BCUT2D eigenvalue weighted by Crippen LogP contribution is -1.92. The molecular formula is C16H16N4O4. The van der Waals surface area contributed by atoms with Crippen molar-refractivity contribution in [3.05, 3.63) is 70.8 Å². The Morgan fingerprint density at radius 3 is 1.79 bits per heavy atom. The minimum Gasteiger partial charge on any atom is -0.478 e. The number of azo groups is 1. The number of anilines is 1. The van der Waals surface area contributed by atoms with Gasteiger partial charge < -0.3 is 10.8 Å². The Kier molecular flexibility index (Phi) is 6.77. The number of carboxylic acids is 1. The summed E-state index contributed by atoms with van der Waals surface area (Å²) in [4.78, 5) is 19.6. The predicted molar refractivity (Wildman–Crippen MR) is 90.6 cm³/mol. The zero-order valence-corrected chi connectivity index (χ0v) is 12.9. The molecule has 2 aromatic carbocycles. The number of hydrogen-bond donors (Lipinski definition) is 2. The molecule has 0 radical (unpaired) electrons. The maximum atomic E-state index is 10.5. The summed E-state index contributed by atoms with van der Waals surface area (Å²) < 4.78 is 0. The molecule has 3 N–H and O–H groups in total. The van der Waals surface area contributed by atoms with Gasteiger partial charge in [-0.15, -0.1) is 0 Å². The van der Waals surface area contributed by atoms with E-state index >= 15 is 0 Å². The molecule has 8 heteroatoms. The summed E-state index contributed by atoms with van der Waals surface area (Å²) in [6, 6.07) is 12.8. The van der Waals surface area contributed by atoms with Crippen molar-refractivity contribution in [2.75, 3.05) is 5.73 Å². The second-order valence-corrected chi connectivity index (χ2v) is 4.65. The third-order valence-electron chi connectivity index (χ3n) is 2.60. The van der Waals surface area contributed by atoms with E-state index in [9.17, 15) is 14.9 Å². The molecule has 0 bridgehead atoms. The standard InChI is InChI=1S/C12H10N4O2.C4H6O2/c13-9-1-3-10(4-2-9)14-15-11-5-7-12(8-6-11)16(17)18;1-3(2)4(5)6/h1-8H,13H2;1H2,2H3,(H,5,6). The first-order valence-electron chi connectivity index (χ1n) is 6.70. The first-order chi connectivity index (χ1) is 11.3. The van der Waals surface area contributed by atoms with Crippen molar-refractivity contribution in [2.45, 2.75) is 6.92 Å². The summed E-state index contributed by atoms with van der Waals surface area (Å²) in [5, 5.41) is 26.3. The number of nitrogens with zero attached hydrogens (tertiary/aromatic N) is 3. The topological polar surface area (TPSA) is 131 Å². The maximum Gasteiger partial charge on any atom is 0.330 e. The number of carboxylic acid groups (broad SMARTS) is 1.